The van der Waals surface area contributed by atoms with Gasteiger partial charge in [0.15, 0.2) is 0 Å². The fourth-order valence-corrected chi connectivity index (χ4v) is 2.72. The molecule has 1 aromatic heterocycles. The minimum Gasteiger partial charge on any atom is -0.337 e. The van der Waals surface area contributed by atoms with E-state index < -0.39 is 0 Å². The number of aromatic nitrogens is 2. The van der Waals surface area contributed by atoms with Gasteiger partial charge < -0.3 is 4.90 Å². The Hall–Kier alpha value is -2.59. The van der Waals surface area contributed by atoms with Crippen LogP contribution in [0, 0.1) is 0 Å². The van der Waals surface area contributed by atoms with E-state index in [0.29, 0.717) is 23.7 Å². The Morgan fingerprint density at radius 1 is 1.12 bits per heavy atom. The van der Waals surface area contributed by atoms with E-state index in [4.69, 9.17) is 11.6 Å². The first-order valence-electron chi connectivity index (χ1n) is 7.68. The zero-order chi connectivity index (χ0) is 16.9. The molecule has 1 amide bonds. The molecule has 0 spiro atoms. The van der Waals surface area contributed by atoms with Crippen LogP contribution < -0.4 is 0 Å². The molecular formula is C19H18ClN3O. The van der Waals surface area contributed by atoms with Crippen LogP contribution in [0.15, 0.2) is 67.0 Å². The highest BCUT2D eigenvalue weighted by Gasteiger charge is 2.13. The van der Waals surface area contributed by atoms with E-state index in [1.54, 1.807) is 42.4 Å². The Balaban J connectivity index is 1.64. The van der Waals surface area contributed by atoms with Crippen LogP contribution in [0.1, 0.15) is 21.5 Å². The third-order valence-corrected chi connectivity index (χ3v) is 3.95. The van der Waals surface area contributed by atoms with Crippen LogP contribution in [-0.4, -0.2) is 27.6 Å². The van der Waals surface area contributed by atoms with Gasteiger partial charge in [-0.2, -0.15) is 5.10 Å². The average Bonchev–Trinajstić information content (AvgIpc) is 3.02. The highest BCUT2D eigenvalue weighted by Crippen LogP contribution is 2.14. The summed E-state index contributed by atoms with van der Waals surface area (Å²) in [7, 11) is 1.78. The van der Waals surface area contributed by atoms with E-state index in [9.17, 15) is 4.79 Å². The third-order valence-electron chi connectivity index (χ3n) is 3.71. The van der Waals surface area contributed by atoms with Crippen molar-refractivity contribution in [2.75, 3.05) is 7.05 Å². The topological polar surface area (TPSA) is 38.1 Å². The van der Waals surface area contributed by atoms with Crippen molar-refractivity contribution in [3.63, 3.8) is 0 Å². The minimum absolute atomic E-state index is 0.0618. The van der Waals surface area contributed by atoms with Crippen LogP contribution in [0.3, 0.4) is 0 Å². The number of halogens is 1. The van der Waals surface area contributed by atoms with Crippen LogP contribution in [-0.2, 0) is 13.1 Å². The first kappa shape index (κ1) is 16.3. The number of carbonyl (C=O) groups excluding carboxylic acids is 1. The molecule has 0 aliphatic carbocycles. The summed E-state index contributed by atoms with van der Waals surface area (Å²) in [6.07, 6.45) is 3.76. The zero-order valence-electron chi connectivity index (χ0n) is 13.4. The van der Waals surface area contributed by atoms with Crippen molar-refractivity contribution in [2.24, 2.45) is 0 Å². The lowest BCUT2D eigenvalue weighted by Crippen LogP contribution is -2.26. The van der Waals surface area contributed by atoms with E-state index in [-0.39, 0.29) is 5.91 Å². The SMILES string of the molecule is CN(Cc1cnn(Cc2ccccc2)c1)C(=O)c1cccc(Cl)c1. The Kier molecular flexibility index (Phi) is 4.96. The summed E-state index contributed by atoms with van der Waals surface area (Å²) in [5.41, 5.74) is 2.76. The molecule has 3 rings (SSSR count). The van der Waals surface area contributed by atoms with Gasteiger partial charge >= 0.3 is 0 Å². The monoisotopic (exact) mass is 339 g/mol. The van der Waals surface area contributed by atoms with Gasteiger partial charge in [0.2, 0.25) is 0 Å². The van der Waals surface area contributed by atoms with Gasteiger partial charge in [0, 0.05) is 35.9 Å². The van der Waals surface area contributed by atoms with E-state index in [1.165, 1.54) is 5.56 Å². The molecule has 0 radical (unpaired) electrons. The lowest BCUT2D eigenvalue weighted by Gasteiger charge is -2.16. The Morgan fingerprint density at radius 3 is 2.67 bits per heavy atom. The normalized spacial score (nSPS) is 10.6. The molecule has 122 valence electrons. The van der Waals surface area contributed by atoms with Crippen molar-refractivity contribution in [3.05, 3.63) is 88.7 Å². The molecule has 3 aromatic rings. The summed E-state index contributed by atoms with van der Waals surface area (Å²) in [5.74, 6) is -0.0618. The van der Waals surface area contributed by atoms with Gasteiger partial charge in [-0.3, -0.25) is 9.48 Å². The summed E-state index contributed by atoms with van der Waals surface area (Å²) < 4.78 is 1.88. The van der Waals surface area contributed by atoms with Gasteiger partial charge in [0.1, 0.15) is 0 Å². The number of hydrogen-bond donors (Lipinski definition) is 0. The molecule has 0 aliphatic rings. The third kappa shape index (κ3) is 4.03. The summed E-state index contributed by atoms with van der Waals surface area (Å²) in [6, 6.07) is 17.1. The van der Waals surface area contributed by atoms with Crippen LogP contribution in [0.4, 0.5) is 0 Å². The van der Waals surface area contributed by atoms with Gasteiger partial charge in [-0.15, -0.1) is 0 Å². The molecule has 4 nitrogen and oxygen atoms in total. The number of rotatable bonds is 5. The van der Waals surface area contributed by atoms with E-state index in [1.807, 2.05) is 29.1 Å². The zero-order valence-corrected chi connectivity index (χ0v) is 14.1. The lowest BCUT2D eigenvalue weighted by molar-refractivity contribution is 0.0785. The van der Waals surface area contributed by atoms with Crippen molar-refractivity contribution >= 4 is 17.5 Å². The fourth-order valence-electron chi connectivity index (χ4n) is 2.53. The smallest absolute Gasteiger partial charge is 0.253 e. The number of carbonyl (C=O) groups is 1. The van der Waals surface area contributed by atoms with Crippen molar-refractivity contribution in [2.45, 2.75) is 13.1 Å². The highest BCUT2D eigenvalue weighted by molar-refractivity contribution is 6.30. The van der Waals surface area contributed by atoms with Gasteiger partial charge in [0.05, 0.1) is 12.7 Å². The minimum atomic E-state index is -0.0618. The maximum absolute atomic E-state index is 12.4. The van der Waals surface area contributed by atoms with Gasteiger partial charge in [-0.25, -0.2) is 0 Å². The summed E-state index contributed by atoms with van der Waals surface area (Å²) in [6.45, 7) is 1.22. The highest BCUT2D eigenvalue weighted by atomic mass is 35.5. The molecule has 0 saturated heterocycles. The van der Waals surface area contributed by atoms with Gasteiger partial charge in [0.25, 0.3) is 5.91 Å². The van der Waals surface area contributed by atoms with Gasteiger partial charge in [-0.1, -0.05) is 48.0 Å². The van der Waals surface area contributed by atoms with Crippen LogP contribution in [0.2, 0.25) is 5.02 Å². The molecule has 24 heavy (non-hydrogen) atoms. The largest absolute Gasteiger partial charge is 0.337 e. The maximum Gasteiger partial charge on any atom is 0.253 e. The summed E-state index contributed by atoms with van der Waals surface area (Å²) in [5, 5.41) is 4.93. The summed E-state index contributed by atoms with van der Waals surface area (Å²) in [4.78, 5) is 14.1. The lowest BCUT2D eigenvalue weighted by atomic mass is 10.2. The quantitative estimate of drug-likeness (QED) is 0.708. The molecule has 0 fully saturated rings. The maximum atomic E-state index is 12.4. The first-order chi connectivity index (χ1) is 11.6. The Bertz CT molecular complexity index is 829. The first-order valence-corrected chi connectivity index (χ1v) is 8.06. The second-order valence-corrected chi connectivity index (χ2v) is 6.14. The second kappa shape index (κ2) is 7.32. The molecule has 0 atom stereocenters. The molecule has 0 saturated carbocycles. The molecule has 1 heterocycles. The van der Waals surface area contributed by atoms with Crippen molar-refractivity contribution < 1.29 is 4.79 Å². The molecular weight excluding hydrogens is 322 g/mol. The molecule has 0 unspecified atom stereocenters. The van der Waals surface area contributed by atoms with Crippen molar-refractivity contribution in [1.29, 1.82) is 0 Å². The van der Waals surface area contributed by atoms with E-state index in [0.717, 1.165) is 5.56 Å². The van der Waals surface area contributed by atoms with Crippen LogP contribution >= 0.6 is 11.6 Å². The molecule has 0 bridgehead atoms. The Morgan fingerprint density at radius 2 is 1.92 bits per heavy atom. The number of benzene rings is 2. The molecule has 0 aliphatic heterocycles. The Labute approximate surface area is 146 Å². The summed E-state index contributed by atoms with van der Waals surface area (Å²) >= 11 is 5.95. The number of hydrogen-bond acceptors (Lipinski definition) is 2. The molecule has 0 N–H and O–H groups in total. The van der Waals surface area contributed by atoms with Crippen molar-refractivity contribution in [3.8, 4) is 0 Å². The predicted octanol–water partition coefficient (Wildman–Crippen LogP) is 3.86. The van der Waals surface area contributed by atoms with Crippen LogP contribution in [0.25, 0.3) is 0 Å². The fraction of sp³-hybridized carbons (Fsp3) is 0.158. The van der Waals surface area contributed by atoms with Crippen LogP contribution in [0.5, 0.6) is 0 Å². The van der Waals surface area contributed by atoms with E-state index >= 15 is 0 Å². The number of amides is 1. The second-order valence-electron chi connectivity index (χ2n) is 5.70. The van der Waals surface area contributed by atoms with Gasteiger partial charge in [-0.05, 0) is 23.8 Å². The van der Waals surface area contributed by atoms with E-state index in [2.05, 4.69) is 17.2 Å². The average molecular weight is 340 g/mol. The standard InChI is InChI=1S/C19H18ClN3O/c1-22(19(24)17-8-5-9-18(20)10-17)12-16-11-21-23(14-16)13-15-6-3-2-4-7-15/h2-11,14H,12-13H2,1H3. The molecule has 2 aromatic carbocycles. The molecule has 5 heteroatoms. The predicted molar refractivity (Wildman–Crippen MR) is 95.0 cm³/mol. The number of nitrogens with zero attached hydrogens (tertiary/aromatic N) is 3. The van der Waals surface area contributed by atoms with Crippen molar-refractivity contribution in [1.82, 2.24) is 14.7 Å².